The maximum atomic E-state index is 9.31. The molecule has 6 heteroatoms. The minimum atomic E-state index is 0.548. The number of nitrogens with one attached hydrogen (secondary N) is 3. The van der Waals surface area contributed by atoms with E-state index < -0.39 is 0 Å². The van der Waals surface area contributed by atoms with Crippen molar-refractivity contribution in [1.29, 1.82) is 5.26 Å². The third-order valence-electron chi connectivity index (χ3n) is 3.56. The summed E-state index contributed by atoms with van der Waals surface area (Å²) in [6, 6.07) is 8.13. The Hall–Kier alpha value is -2.39. The van der Waals surface area contributed by atoms with Crippen LogP contribution < -0.4 is 16.0 Å². The summed E-state index contributed by atoms with van der Waals surface area (Å²) in [6.07, 6.45) is 0. The number of rotatable bonds is 4. The molecule has 1 aromatic heterocycles. The van der Waals surface area contributed by atoms with Gasteiger partial charge in [0.1, 0.15) is 11.9 Å². The third-order valence-corrected chi connectivity index (χ3v) is 3.91. The molecule has 2 aromatic rings. The van der Waals surface area contributed by atoms with Crippen molar-refractivity contribution in [2.75, 3.05) is 25.5 Å². The number of hydrogen-bond acceptors (Lipinski definition) is 4. The van der Waals surface area contributed by atoms with Crippen LogP contribution in [0, 0.1) is 25.2 Å². The quantitative estimate of drug-likeness (QED) is 0.594. The monoisotopic (exact) mass is 313 g/mol. The number of thiocarbonyl (C=S) groups is 1. The van der Waals surface area contributed by atoms with E-state index in [-0.39, 0.29) is 0 Å². The normalized spacial score (nSPS) is 10.1. The van der Waals surface area contributed by atoms with Gasteiger partial charge < -0.3 is 16.0 Å². The number of aromatic nitrogens is 1. The molecule has 0 saturated carbocycles. The van der Waals surface area contributed by atoms with Gasteiger partial charge in [-0.2, -0.15) is 5.26 Å². The highest BCUT2D eigenvalue weighted by Gasteiger charge is 2.09. The fourth-order valence-electron chi connectivity index (χ4n) is 2.15. The summed E-state index contributed by atoms with van der Waals surface area (Å²) in [7, 11) is 1.77. The predicted molar refractivity (Wildman–Crippen MR) is 94.1 cm³/mol. The lowest BCUT2D eigenvalue weighted by Crippen LogP contribution is -2.35. The Labute approximate surface area is 135 Å². The molecular weight excluding hydrogens is 294 g/mol. The predicted octanol–water partition coefficient (Wildman–Crippen LogP) is 2.23. The molecule has 1 heterocycles. The van der Waals surface area contributed by atoms with Crippen LogP contribution >= 0.6 is 12.2 Å². The summed E-state index contributed by atoms with van der Waals surface area (Å²) in [6.45, 7) is 5.38. The lowest BCUT2D eigenvalue weighted by Gasteiger charge is -2.12. The number of benzene rings is 1. The van der Waals surface area contributed by atoms with E-state index in [9.17, 15) is 5.26 Å². The van der Waals surface area contributed by atoms with Gasteiger partial charge in [0.25, 0.3) is 0 Å². The van der Waals surface area contributed by atoms with Gasteiger partial charge in [0.2, 0.25) is 0 Å². The van der Waals surface area contributed by atoms with Crippen LogP contribution in [0.15, 0.2) is 18.2 Å². The highest BCUT2D eigenvalue weighted by atomic mass is 32.1. The maximum Gasteiger partial charge on any atom is 0.166 e. The molecule has 0 saturated heterocycles. The lowest BCUT2D eigenvalue weighted by atomic mass is 10.0. The number of nitriles is 1. The molecule has 0 aliphatic carbocycles. The van der Waals surface area contributed by atoms with Gasteiger partial charge in [-0.1, -0.05) is 12.1 Å². The second-order valence-electron chi connectivity index (χ2n) is 5.01. The van der Waals surface area contributed by atoms with Crippen molar-refractivity contribution in [3.05, 3.63) is 34.9 Å². The minimum Gasteiger partial charge on any atom is -0.367 e. The van der Waals surface area contributed by atoms with E-state index in [1.54, 1.807) is 7.05 Å². The van der Waals surface area contributed by atoms with Crippen LogP contribution in [0.1, 0.15) is 16.7 Å². The zero-order valence-corrected chi connectivity index (χ0v) is 13.8. The molecule has 3 N–H and O–H groups in total. The van der Waals surface area contributed by atoms with Gasteiger partial charge in [-0.3, -0.25) is 0 Å². The molecule has 0 spiro atoms. The van der Waals surface area contributed by atoms with Crippen LogP contribution in [0.2, 0.25) is 0 Å². The number of anilines is 1. The van der Waals surface area contributed by atoms with Gasteiger partial charge in [0, 0.05) is 25.5 Å². The average molecular weight is 313 g/mol. The molecule has 0 bridgehead atoms. The first kappa shape index (κ1) is 16.0. The van der Waals surface area contributed by atoms with Crippen LogP contribution in [0.4, 0.5) is 5.82 Å². The standard InChI is InChI=1S/C16H19N5S/c1-10-4-5-12-8-13(9-17)15(21-14(12)11(10)2)19-6-7-20-16(22)18-3/h4-5,8H,6-7H2,1-3H3,(H,19,21)(H2,18,20,22). The van der Waals surface area contributed by atoms with Gasteiger partial charge in [-0.05, 0) is 43.3 Å². The number of pyridine rings is 1. The van der Waals surface area contributed by atoms with Gasteiger partial charge in [-0.15, -0.1) is 0 Å². The first-order valence-electron chi connectivity index (χ1n) is 7.07. The molecule has 1 aromatic carbocycles. The van der Waals surface area contributed by atoms with Crippen molar-refractivity contribution in [3.8, 4) is 6.07 Å². The van der Waals surface area contributed by atoms with Gasteiger partial charge >= 0.3 is 0 Å². The second-order valence-corrected chi connectivity index (χ2v) is 5.42. The first-order chi connectivity index (χ1) is 10.6. The molecule has 2 rings (SSSR count). The van der Waals surface area contributed by atoms with E-state index in [2.05, 4.69) is 40.0 Å². The summed E-state index contributed by atoms with van der Waals surface area (Å²) < 4.78 is 0. The summed E-state index contributed by atoms with van der Waals surface area (Å²) >= 11 is 5.01. The van der Waals surface area contributed by atoms with Crippen LogP contribution in [0.25, 0.3) is 10.9 Å². The van der Waals surface area contributed by atoms with Crippen LogP contribution in [-0.4, -0.2) is 30.2 Å². The summed E-state index contributed by atoms with van der Waals surface area (Å²) in [5, 5.41) is 20.0. The van der Waals surface area contributed by atoms with E-state index in [1.165, 1.54) is 5.56 Å². The van der Waals surface area contributed by atoms with Crippen LogP contribution in [0.5, 0.6) is 0 Å². The zero-order valence-electron chi connectivity index (χ0n) is 12.9. The summed E-state index contributed by atoms with van der Waals surface area (Å²) in [4.78, 5) is 4.63. The van der Waals surface area contributed by atoms with Crippen molar-refractivity contribution in [1.82, 2.24) is 15.6 Å². The Morgan fingerprint density at radius 3 is 2.77 bits per heavy atom. The van der Waals surface area contributed by atoms with Gasteiger partial charge in [0.05, 0.1) is 11.1 Å². The van der Waals surface area contributed by atoms with E-state index in [0.717, 1.165) is 16.5 Å². The SMILES string of the molecule is CNC(=S)NCCNc1nc2c(C)c(C)ccc2cc1C#N. The molecular formula is C16H19N5S. The van der Waals surface area contributed by atoms with Crippen molar-refractivity contribution in [3.63, 3.8) is 0 Å². The van der Waals surface area contributed by atoms with E-state index >= 15 is 0 Å². The van der Waals surface area contributed by atoms with E-state index in [0.29, 0.717) is 29.6 Å². The van der Waals surface area contributed by atoms with Crippen molar-refractivity contribution in [2.24, 2.45) is 0 Å². The largest absolute Gasteiger partial charge is 0.367 e. The van der Waals surface area contributed by atoms with Gasteiger partial charge in [-0.25, -0.2) is 4.98 Å². The number of aryl methyl sites for hydroxylation is 2. The molecule has 22 heavy (non-hydrogen) atoms. The second kappa shape index (κ2) is 7.05. The number of nitrogens with zero attached hydrogens (tertiary/aromatic N) is 2. The molecule has 0 radical (unpaired) electrons. The molecule has 0 aliphatic heterocycles. The maximum absolute atomic E-state index is 9.31. The smallest absolute Gasteiger partial charge is 0.166 e. The molecule has 0 amide bonds. The molecule has 114 valence electrons. The minimum absolute atomic E-state index is 0.548. The molecule has 5 nitrogen and oxygen atoms in total. The number of hydrogen-bond donors (Lipinski definition) is 3. The lowest BCUT2D eigenvalue weighted by molar-refractivity contribution is 0.883. The highest BCUT2D eigenvalue weighted by Crippen LogP contribution is 2.24. The average Bonchev–Trinajstić information content (AvgIpc) is 2.54. The number of fused-ring (bicyclic) bond motifs is 1. The highest BCUT2D eigenvalue weighted by molar-refractivity contribution is 7.80. The fourth-order valence-corrected chi connectivity index (χ4v) is 2.25. The molecule has 0 fully saturated rings. The van der Waals surface area contributed by atoms with Gasteiger partial charge in [0.15, 0.2) is 5.11 Å². The molecule has 0 aliphatic rings. The van der Waals surface area contributed by atoms with Crippen LogP contribution in [0.3, 0.4) is 0 Å². The van der Waals surface area contributed by atoms with Crippen molar-refractivity contribution < 1.29 is 0 Å². The first-order valence-corrected chi connectivity index (χ1v) is 7.48. The summed E-state index contributed by atoms with van der Waals surface area (Å²) in [5.74, 6) is 0.612. The summed E-state index contributed by atoms with van der Waals surface area (Å²) in [5.41, 5.74) is 3.81. The Morgan fingerprint density at radius 2 is 2.09 bits per heavy atom. The van der Waals surface area contributed by atoms with Crippen molar-refractivity contribution in [2.45, 2.75) is 13.8 Å². The topological polar surface area (TPSA) is 72.8 Å². The molecule has 0 atom stereocenters. The van der Waals surface area contributed by atoms with E-state index in [4.69, 9.17) is 12.2 Å². The van der Waals surface area contributed by atoms with E-state index in [1.807, 2.05) is 19.1 Å². The Bertz CT molecular complexity index is 748. The third kappa shape index (κ3) is 3.43. The fraction of sp³-hybridized carbons (Fsp3) is 0.312. The van der Waals surface area contributed by atoms with Crippen molar-refractivity contribution >= 4 is 34.1 Å². The zero-order chi connectivity index (χ0) is 16.1. The van der Waals surface area contributed by atoms with Crippen LogP contribution in [-0.2, 0) is 0 Å². The Balaban J connectivity index is 2.23. The molecule has 0 unspecified atom stereocenters. The Kier molecular flexibility index (Phi) is 5.12. The Morgan fingerprint density at radius 1 is 1.32 bits per heavy atom.